The molecular formula is C20H19FN4O2. The van der Waals surface area contributed by atoms with E-state index < -0.39 is 0 Å². The highest BCUT2D eigenvalue weighted by molar-refractivity contribution is 5.89. The van der Waals surface area contributed by atoms with Crippen molar-refractivity contribution < 1.29 is 13.7 Å². The van der Waals surface area contributed by atoms with Crippen molar-refractivity contribution in [2.45, 2.75) is 25.8 Å². The van der Waals surface area contributed by atoms with E-state index in [0.29, 0.717) is 23.8 Å². The Morgan fingerprint density at radius 3 is 2.67 bits per heavy atom. The maximum Gasteiger partial charge on any atom is 0.322 e. The van der Waals surface area contributed by atoms with Crippen molar-refractivity contribution in [1.82, 2.24) is 15.0 Å². The molecule has 3 aromatic rings. The van der Waals surface area contributed by atoms with Gasteiger partial charge in [0, 0.05) is 17.8 Å². The van der Waals surface area contributed by atoms with Crippen LogP contribution in [0.1, 0.15) is 30.3 Å². The van der Waals surface area contributed by atoms with Gasteiger partial charge in [-0.3, -0.25) is 0 Å². The number of rotatable bonds is 3. The van der Waals surface area contributed by atoms with Crippen molar-refractivity contribution in [3.05, 3.63) is 65.8 Å². The molecule has 0 bridgehead atoms. The fourth-order valence-electron chi connectivity index (χ4n) is 3.19. The highest BCUT2D eigenvalue weighted by Crippen LogP contribution is 2.32. The van der Waals surface area contributed by atoms with Gasteiger partial charge in [0.1, 0.15) is 11.9 Å². The average molecular weight is 366 g/mol. The number of nitrogens with zero attached hydrogens (tertiary/aromatic N) is 3. The second-order valence-electron chi connectivity index (χ2n) is 6.61. The zero-order valence-electron chi connectivity index (χ0n) is 14.9. The highest BCUT2D eigenvalue weighted by Gasteiger charge is 2.34. The number of aromatic nitrogens is 2. The van der Waals surface area contributed by atoms with Crippen LogP contribution in [0.4, 0.5) is 14.9 Å². The lowest BCUT2D eigenvalue weighted by atomic mass is 10.2. The van der Waals surface area contributed by atoms with Crippen LogP contribution in [0.3, 0.4) is 0 Å². The van der Waals surface area contributed by atoms with Crippen LogP contribution in [0.15, 0.2) is 53.1 Å². The van der Waals surface area contributed by atoms with Crippen LogP contribution in [-0.4, -0.2) is 27.6 Å². The molecule has 138 valence electrons. The van der Waals surface area contributed by atoms with Crippen LogP contribution in [0.25, 0.3) is 11.4 Å². The molecule has 1 aliphatic heterocycles. The van der Waals surface area contributed by atoms with Gasteiger partial charge in [0.2, 0.25) is 11.7 Å². The molecule has 0 unspecified atom stereocenters. The van der Waals surface area contributed by atoms with Crippen molar-refractivity contribution in [3.8, 4) is 11.4 Å². The number of benzene rings is 2. The van der Waals surface area contributed by atoms with E-state index in [1.165, 1.54) is 12.1 Å². The molecule has 2 aromatic carbocycles. The van der Waals surface area contributed by atoms with E-state index in [9.17, 15) is 9.18 Å². The van der Waals surface area contributed by atoms with Crippen LogP contribution >= 0.6 is 0 Å². The van der Waals surface area contributed by atoms with Crippen molar-refractivity contribution in [3.63, 3.8) is 0 Å². The molecule has 7 heteroatoms. The second kappa shape index (κ2) is 7.19. The van der Waals surface area contributed by atoms with Crippen LogP contribution in [-0.2, 0) is 0 Å². The van der Waals surface area contributed by atoms with Gasteiger partial charge in [-0.2, -0.15) is 4.98 Å². The third-order valence-corrected chi connectivity index (χ3v) is 4.65. The number of likely N-dealkylation sites (tertiary alicyclic amines) is 1. The van der Waals surface area contributed by atoms with Crippen LogP contribution < -0.4 is 5.32 Å². The average Bonchev–Trinajstić information content (AvgIpc) is 3.33. The molecule has 1 aliphatic rings. The first-order chi connectivity index (χ1) is 13.1. The molecular weight excluding hydrogens is 347 g/mol. The van der Waals surface area contributed by atoms with Gasteiger partial charge in [-0.05, 0) is 56.2 Å². The highest BCUT2D eigenvalue weighted by atomic mass is 19.1. The van der Waals surface area contributed by atoms with Crippen molar-refractivity contribution in [2.24, 2.45) is 0 Å². The zero-order chi connectivity index (χ0) is 18.8. The Balaban J connectivity index is 1.50. The summed E-state index contributed by atoms with van der Waals surface area (Å²) in [5.41, 5.74) is 2.54. The fourth-order valence-corrected chi connectivity index (χ4v) is 3.19. The summed E-state index contributed by atoms with van der Waals surface area (Å²) >= 11 is 0. The minimum absolute atomic E-state index is 0.192. The van der Waals surface area contributed by atoms with Gasteiger partial charge in [-0.15, -0.1) is 0 Å². The molecule has 0 radical (unpaired) electrons. The number of hydrogen-bond acceptors (Lipinski definition) is 4. The second-order valence-corrected chi connectivity index (χ2v) is 6.61. The lowest BCUT2D eigenvalue weighted by Gasteiger charge is -2.22. The molecule has 1 aromatic heterocycles. The van der Waals surface area contributed by atoms with Gasteiger partial charge in [-0.25, -0.2) is 9.18 Å². The first-order valence-electron chi connectivity index (χ1n) is 8.84. The number of hydrogen-bond donors (Lipinski definition) is 1. The summed E-state index contributed by atoms with van der Waals surface area (Å²) in [5, 5.41) is 6.89. The smallest absolute Gasteiger partial charge is 0.322 e. The number of halogens is 1. The van der Waals surface area contributed by atoms with Crippen LogP contribution in [0.2, 0.25) is 0 Å². The third kappa shape index (κ3) is 3.67. The molecule has 6 nitrogen and oxygen atoms in total. The molecule has 2 amide bonds. The lowest BCUT2D eigenvalue weighted by molar-refractivity contribution is 0.193. The number of urea groups is 1. The number of nitrogens with one attached hydrogen (secondary N) is 1. The van der Waals surface area contributed by atoms with E-state index in [2.05, 4.69) is 15.5 Å². The van der Waals surface area contributed by atoms with Gasteiger partial charge >= 0.3 is 6.03 Å². The zero-order valence-corrected chi connectivity index (χ0v) is 14.9. The Labute approximate surface area is 156 Å². The van der Waals surface area contributed by atoms with Crippen molar-refractivity contribution in [2.75, 3.05) is 11.9 Å². The summed E-state index contributed by atoms with van der Waals surface area (Å²) in [6.07, 6.45) is 1.62. The van der Waals surface area contributed by atoms with E-state index in [1.54, 1.807) is 17.0 Å². The number of amides is 2. The minimum Gasteiger partial charge on any atom is -0.337 e. The Bertz CT molecular complexity index is 937. The molecule has 0 aliphatic carbocycles. The summed E-state index contributed by atoms with van der Waals surface area (Å²) in [7, 11) is 0. The maximum atomic E-state index is 13.1. The SMILES string of the molecule is Cc1ccc(NC(=O)N2CCC[C@H]2c2nc(-c3ccc(F)cc3)no2)cc1. The molecule has 1 fully saturated rings. The standard InChI is InChI=1S/C20H19FN4O2/c1-13-4-10-16(11-5-13)22-20(26)25-12-2-3-17(25)19-23-18(24-27-19)14-6-8-15(21)9-7-14/h4-11,17H,2-3,12H2,1H3,(H,22,26)/t17-/m0/s1. The Hall–Kier alpha value is -3.22. The van der Waals surface area contributed by atoms with E-state index in [0.717, 1.165) is 24.1 Å². The van der Waals surface area contributed by atoms with Gasteiger partial charge in [0.25, 0.3) is 0 Å². The number of aryl methyl sites for hydroxylation is 1. The molecule has 4 rings (SSSR count). The van der Waals surface area contributed by atoms with Crippen molar-refractivity contribution >= 4 is 11.7 Å². The lowest BCUT2D eigenvalue weighted by Crippen LogP contribution is -2.34. The number of carbonyl (C=O) groups excluding carboxylic acids is 1. The Morgan fingerprint density at radius 2 is 1.93 bits per heavy atom. The predicted molar refractivity (Wildman–Crippen MR) is 98.6 cm³/mol. The quantitative estimate of drug-likeness (QED) is 0.738. The first kappa shape index (κ1) is 17.2. The van der Waals surface area contributed by atoms with E-state index >= 15 is 0 Å². The number of carbonyl (C=O) groups is 1. The minimum atomic E-state index is -0.322. The molecule has 1 N–H and O–H groups in total. The van der Waals surface area contributed by atoms with Gasteiger partial charge in [-0.1, -0.05) is 22.9 Å². The van der Waals surface area contributed by atoms with Crippen molar-refractivity contribution in [1.29, 1.82) is 0 Å². The predicted octanol–water partition coefficient (Wildman–Crippen LogP) is 4.55. The van der Waals surface area contributed by atoms with E-state index in [-0.39, 0.29) is 17.9 Å². The Kier molecular flexibility index (Phi) is 4.58. The normalized spacial score (nSPS) is 16.5. The third-order valence-electron chi connectivity index (χ3n) is 4.65. The summed E-state index contributed by atoms with van der Waals surface area (Å²) in [4.78, 5) is 18.8. The molecule has 0 spiro atoms. The van der Waals surface area contributed by atoms with E-state index in [1.807, 2.05) is 31.2 Å². The molecule has 1 saturated heterocycles. The van der Waals surface area contributed by atoms with Gasteiger partial charge < -0.3 is 14.7 Å². The topological polar surface area (TPSA) is 71.3 Å². The summed E-state index contributed by atoms with van der Waals surface area (Å²) in [6, 6.07) is 13.1. The first-order valence-corrected chi connectivity index (χ1v) is 8.84. The summed E-state index contributed by atoms with van der Waals surface area (Å²) in [5.74, 6) is 0.457. The summed E-state index contributed by atoms with van der Waals surface area (Å²) in [6.45, 7) is 2.62. The van der Waals surface area contributed by atoms with Crippen LogP contribution in [0, 0.1) is 12.7 Å². The molecule has 2 heterocycles. The Morgan fingerprint density at radius 1 is 1.19 bits per heavy atom. The largest absolute Gasteiger partial charge is 0.337 e. The summed E-state index contributed by atoms with van der Waals surface area (Å²) < 4.78 is 18.5. The number of anilines is 1. The molecule has 1 atom stereocenters. The van der Waals surface area contributed by atoms with Gasteiger partial charge in [0.15, 0.2) is 0 Å². The maximum absolute atomic E-state index is 13.1. The monoisotopic (exact) mass is 366 g/mol. The molecule has 0 saturated carbocycles. The van der Waals surface area contributed by atoms with E-state index in [4.69, 9.17) is 4.52 Å². The molecule has 27 heavy (non-hydrogen) atoms. The van der Waals surface area contributed by atoms with Crippen LogP contribution in [0.5, 0.6) is 0 Å². The fraction of sp³-hybridized carbons (Fsp3) is 0.250. The van der Waals surface area contributed by atoms with Gasteiger partial charge in [0.05, 0.1) is 0 Å².